The molecule has 0 aliphatic heterocycles. The van der Waals surface area contributed by atoms with E-state index in [1.807, 2.05) is 6.08 Å². The lowest BCUT2D eigenvalue weighted by molar-refractivity contribution is -0.124. The summed E-state index contributed by atoms with van der Waals surface area (Å²) in [7, 11) is 0. The van der Waals surface area contributed by atoms with Crippen LogP contribution in [0.3, 0.4) is 0 Å². The highest BCUT2D eigenvalue weighted by molar-refractivity contribution is 5.76. The van der Waals surface area contributed by atoms with E-state index in [-0.39, 0.29) is 18.9 Å². The first-order valence-corrected chi connectivity index (χ1v) is 21.9. The summed E-state index contributed by atoms with van der Waals surface area (Å²) < 4.78 is 0. The number of hydrogen-bond donors (Lipinski definition) is 4. The molecule has 0 aliphatic carbocycles. The van der Waals surface area contributed by atoms with E-state index in [0.717, 1.165) is 51.4 Å². The van der Waals surface area contributed by atoms with Crippen LogP contribution in [0.5, 0.6) is 0 Å². The van der Waals surface area contributed by atoms with Crippen LogP contribution in [0, 0.1) is 0 Å². The molecule has 0 aromatic rings. The number of carbonyl (C=O) groups is 1. The Balaban J connectivity index is 3.77. The van der Waals surface area contributed by atoms with E-state index >= 15 is 0 Å². The van der Waals surface area contributed by atoms with Crippen LogP contribution in [-0.4, -0.2) is 46.1 Å². The van der Waals surface area contributed by atoms with Gasteiger partial charge >= 0.3 is 0 Å². The molecule has 0 spiro atoms. The van der Waals surface area contributed by atoms with Crippen LogP contribution in [0.1, 0.15) is 213 Å². The number of hydrogen-bond acceptors (Lipinski definition) is 4. The highest BCUT2D eigenvalue weighted by atomic mass is 16.3. The highest BCUT2D eigenvalue weighted by Gasteiger charge is 2.20. The van der Waals surface area contributed by atoms with Gasteiger partial charge < -0.3 is 20.6 Å². The SMILES string of the molecule is CCCCCCCCCC/C=C\CCCCCCCC(O)CC(=O)NC(CO)C(O)/C=C/CC/C=C/CC/C=C/CCCCCCCCCCC. The Hall–Kier alpha value is -1.69. The van der Waals surface area contributed by atoms with Crippen molar-refractivity contribution in [3.8, 4) is 0 Å². The molecule has 0 heterocycles. The second kappa shape index (κ2) is 41.1. The van der Waals surface area contributed by atoms with Gasteiger partial charge in [0.2, 0.25) is 5.91 Å². The van der Waals surface area contributed by atoms with Crippen LogP contribution in [0.4, 0.5) is 0 Å². The maximum atomic E-state index is 12.4. The molecule has 0 aromatic heterocycles. The zero-order chi connectivity index (χ0) is 37.3. The fourth-order valence-electron chi connectivity index (χ4n) is 6.42. The summed E-state index contributed by atoms with van der Waals surface area (Å²) in [6.45, 7) is 4.19. The first-order valence-electron chi connectivity index (χ1n) is 21.9. The third-order valence-corrected chi connectivity index (χ3v) is 9.82. The van der Waals surface area contributed by atoms with Gasteiger partial charge in [-0.3, -0.25) is 4.79 Å². The minimum atomic E-state index is -0.962. The van der Waals surface area contributed by atoms with Crippen molar-refractivity contribution in [3.63, 3.8) is 0 Å². The number of aliphatic hydroxyl groups excluding tert-OH is 3. The van der Waals surface area contributed by atoms with Crippen molar-refractivity contribution in [2.75, 3.05) is 6.61 Å². The van der Waals surface area contributed by atoms with Crippen LogP contribution >= 0.6 is 0 Å². The molecular weight excluding hydrogens is 631 g/mol. The maximum absolute atomic E-state index is 12.4. The van der Waals surface area contributed by atoms with Gasteiger partial charge in [0.1, 0.15) is 0 Å². The van der Waals surface area contributed by atoms with Crippen molar-refractivity contribution in [3.05, 3.63) is 48.6 Å². The molecule has 1 amide bonds. The fourth-order valence-corrected chi connectivity index (χ4v) is 6.42. The first-order chi connectivity index (χ1) is 25.0. The predicted molar refractivity (Wildman–Crippen MR) is 222 cm³/mol. The average Bonchev–Trinajstić information content (AvgIpc) is 3.12. The molecule has 0 bridgehead atoms. The summed E-state index contributed by atoms with van der Waals surface area (Å²) in [5.74, 6) is -0.335. The molecule has 3 unspecified atom stereocenters. The number of allylic oxidation sites excluding steroid dienone is 7. The zero-order valence-electron chi connectivity index (χ0n) is 33.7. The summed E-state index contributed by atoms with van der Waals surface area (Å²) in [5.41, 5.74) is 0. The second-order valence-electron chi connectivity index (χ2n) is 14.9. The van der Waals surface area contributed by atoms with Gasteiger partial charge in [0, 0.05) is 0 Å². The Morgan fingerprint density at radius 2 is 0.843 bits per heavy atom. The number of unbranched alkanes of at least 4 members (excludes halogenated alkanes) is 24. The molecule has 4 N–H and O–H groups in total. The van der Waals surface area contributed by atoms with Gasteiger partial charge in [0.25, 0.3) is 0 Å². The van der Waals surface area contributed by atoms with E-state index in [0.29, 0.717) is 6.42 Å². The summed E-state index contributed by atoms with van der Waals surface area (Å²) >= 11 is 0. The highest BCUT2D eigenvalue weighted by Crippen LogP contribution is 2.14. The van der Waals surface area contributed by atoms with Gasteiger partial charge in [0.05, 0.1) is 31.3 Å². The Labute approximate surface area is 316 Å². The normalized spacial score (nSPS) is 14.1. The molecule has 0 aromatic carbocycles. The number of aliphatic hydroxyl groups is 3. The van der Waals surface area contributed by atoms with Crippen molar-refractivity contribution in [1.82, 2.24) is 5.32 Å². The first kappa shape index (κ1) is 49.3. The minimum absolute atomic E-state index is 0.00414. The molecule has 51 heavy (non-hydrogen) atoms. The third-order valence-electron chi connectivity index (χ3n) is 9.82. The van der Waals surface area contributed by atoms with E-state index in [2.05, 4.69) is 55.6 Å². The maximum Gasteiger partial charge on any atom is 0.222 e. The molecule has 0 radical (unpaired) electrons. The standard InChI is InChI=1S/C46H85NO4/c1-3-5-7-9-11-13-15-17-19-21-22-24-26-28-30-32-34-36-38-40-45(50)44(42-48)47-46(51)41-43(49)39-37-35-33-31-29-27-25-23-20-18-16-14-12-10-8-6-4-2/h22-25,30,32,38,40,43-45,48-50H,3-21,26-29,31,33-37,39,41-42H2,1-2H3,(H,47,51)/b24-22+,25-23-,32-30+,40-38+. The van der Waals surface area contributed by atoms with Gasteiger partial charge in [0.15, 0.2) is 0 Å². The topological polar surface area (TPSA) is 89.8 Å². The van der Waals surface area contributed by atoms with Crippen LogP contribution in [0.25, 0.3) is 0 Å². The van der Waals surface area contributed by atoms with Crippen molar-refractivity contribution < 1.29 is 20.1 Å². The van der Waals surface area contributed by atoms with Gasteiger partial charge in [-0.25, -0.2) is 0 Å². The van der Waals surface area contributed by atoms with Crippen LogP contribution in [-0.2, 0) is 4.79 Å². The lowest BCUT2D eigenvalue weighted by Gasteiger charge is -2.20. The van der Waals surface area contributed by atoms with Crippen LogP contribution in [0.2, 0.25) is 0 Å². The Morgan fingerprint density at radius 1 is 0.490 bits per heavy atom. The minimum Gasteiger partial charge on any atom is -0.394 e. The second-order valence-corrected chi connectivity index (χ2v) is 14.9. The molecule has 3 atom stereocenters. The molecule has 0 fully saturated rings. The van der Waals surface area contributed by atoms with Crippen LogP contribution in [0.15, 0.2) is 48.6 Å². The molecular formula is C46H85NO4. The smallest absolute Gasteiger partial charge is 0.222 e. The van der Waals surface area contributed by atoms with Crippen molar-refractivity contribution in [2.45, 2.75) is 231 Å². The Morgan fingerprint density at radius 3 is 1.25 bits per heavy atom. The van der Waals surface area contributed by atoms with E-state index in [9.17, 15) is 20.1 Å². The van der Waals surface area contributed by atoms with E-state index in [4.69, 9.17) is 0 Å². The van der Waals surface area contributed by atoms with Gasteiger partial charge in [-0.05, 0) is 70.6 Å². The van der Waals surface area contributed by atoms with Gasteiger partial charge in [-0.1, -0.05) is 184 Å². The molecule has 5 heteroatoms. The summed E-state index contributed by atoms with van der Waals surface area (Å²) in [4.78, 5) is 12.4. The molecule has 0 aliphatic rings. The fraction of sp³-hybridized carbons (Fsp3) is 0.804. The molecule has 298 valence electrons. The Kier molecular flexibility index (Phi) is 39.7. The molecule has 0 rings (SSSR count). The molecule has 5 nitrogen and oxygen atoms in total. The summed E-state index contributed by atoms with van der Waals surface area (Å²) in [6, 6.07) is -0.770. The summed E-state index contributed by atoms with van der Waals surface area (Å²) in [6.07, 6.45) is 52.5. The average molecular weight is 716 g/mol. The predicted octanol–water partition coefficient (Wildman–Crippen LogP) is 12.5. The molecule has 0 saturated carbocycles. The lowest BCUT2D eigenvalue weighted by atomic mass is 10.0. The van der Waals surface area contributed by atoms with E-state index < -0.39 is 18.2 Å². The molecule has 0 saturated heterocycles. The van der Waals surface area contributed by atoms with E-state index in [1.54, 1.807) is 6.08 Å². The van der Waals surface area contributed by atoms with Crippen molar-refractivity contribution >= 4 is 5.91 Å². The lowest BCUT2D eigenvalue weighted by Crippen LogP contribution is -2.45. The van der Waals surface area contributed by atoms with E-state index in [1.165, 1.54) is 135 Å². The van der Waals surface area contributed by atoms with Crippen LogP contribution < -0.4 is 5.32 Å². The van der Waals surface area contributed by atoms with Crippen molar-refractivity contribution in [2.24, 2.45) is 0 Å². The monoisotopic (exact) mass is 716 g/mol. The largest absolute Gasteiger partial charge is 0.394 e. The number of carbonyl (C=O) groups excluding carboxylic acids is 1. The number of amides is 1. The quantitative estimate of drug-likeness (QED) is 0.0377. The summed E-state index contributed by atoms with van der Waals surface area (Å²) in [5, 5.41) is 33.2. The third kappa shape index (κ3) is 37.9. The Bertz CT molecular complexity index is 835. The number of rotatable bonds is 39. The van der Waals surface area contributed by atoms with Crippen molar-refractivity contribution in [1.29, 1.82) is 0 Å². The van der Waals surface area contributed by atoms with Gasteiger partial charge in [-0.2, -0.15) is 0 Å². The van der Waals surface area contributed by atoms with Gasteiger partial charge in [-0.15, -0.1) is 0 Å². The zero-order valence-corrected chi connectivity index (χ0v) is 33.7. The number of nitrogens with one attached hydrogen (secondary N) is 1.